The van der Waals surface area contributed by atoms with Crippen LogP contribution in [0.4, 0.5) is 4.39 Å². The number of benzene rings is 1. The van der Waals surface area contributed by atoms with Gasteiger partial charge < -0.3 is 20.3 Å². The fourth-order valence-electron chi connectivity index (χ4n) is 1.91. The van der Waals surface area contributed by atoms with Crippen molar-refractivity contribution in [3.8, 4) is 11.5 Å². The van der Waals surface area contributed by atoms with E-state index in [-0.39, 0.29) is 29.0 Å². The van der Waals surface area contributed by atoms with E-state index >= 15 is 0 Å². The zero-order valence-electron chi connectivity index (χ0n) is 9.40. The molecule has 0 radical (unpaired) electrons. The normalized spacial score (nSPS) is 10.9. The number of aromatic nitrogens is 1. The molecule has 0 saturated carbocycles. The number of carbonyl (C=O) groups is 1. The van der Waals surface area contributed by atoms with Crippen molar-refractivity contribution in [2.75, 3.05) is 6.67 Å². The second kappa shape index (κ2) is 4.56. The van der Waals surface area contributed by atoms with Crippen LogP contribution in [-0.2, 0) is 6.42 Å². The molecule has 5 nitrogen and oxygen atoms in total. The third kappa shape index (κ3) is 1.97. The SMILES string of the molecule is O=C(O)c1cc2c(O)c(O)cc(CCCF)c2[nH]1. The standard InChI is InChI=1S/C12H12FNO4/c13-3-1-2-6-4-9(15)11(16)7-5-8(12(17)18)14-10(6)7/h4-5,14-16H,1-3H2,(H,17,18). The first-order valence-electron chi connectivity index (χ1n) is 5.40. The van der Waals surface area contributed by atoms with E-state index in [4.69, 9.17) is 5.11 Å². The van der Waals surface area contributed by atoms with Gasteiger partial charge in [-0.25, -0.2) is 4.79 Å². The number of aryl methyl sites for hydroxylation is 1. The fraction of sp³-hybridized carbons (Fsp3) is 0.250. The third-order valence-corrected chi connectivity index (χ3v) is 2.76. The molecule has 2 rings (SSSR count). The summed E-state index contributed by atoms with van der Waals surface area (Å²) in [6.07, 6.45) is 0.612. The molecular weight excluding hydrogens is 241 g/mol. The number of fused-ring (bicyclic) bond motifs is 1. The van der Waals surface area contributed by atoms with E-state index in [1.165, 1.54) is 12.1 Å². The Kier molecular flexibility index (Phi) is 3.10. The predicted molar refractivity (Wildman–Crippen MR) is 62.9 cm³/mol. The molecule has 1 aromatic heterocycles. The zero-order valence-corrected chi connectivity index (χ0v) is 9.40. The lowest BCUT2D eigenvalue weighted by atomic mass is 10.1. The lowest BCUT2D eigenvalue weighted by molar-refractivity contribution is 0.0691. The molecule has 0 bridgehead atoms. The lowest BCUT2D eigenvalue weighted by Gasteiger charge is -2.05. The number of carboxylic acids is 1. The number of aromatic carboxylic acids is 1. The van der Waals surface area contributed by atoms with Gasteiger partial charge in [0.05, 0.1) is 12.2 Å². The Labute approximate surface area is 101 Å². The lowest BCUT2D eigenvalue weighted by Crippen LogP contribution is -1.95. The predicted octanol–water partition coefficient (Wildman–Crippen LogP) is 2.18. The number of H-pyrrole nitrogens is 1. The van der Waals surface area contributed by atoms with Crippen LogP contribution >= 0.6 is 0 Å². The highest BCUT2D eigenvalue weighted by Gasteiger charge is 2.16. The molecule has 18 heavy (non-hydrogen) atoms. The minimum Gasteiger partial charge on any atom is -0.504 e. The second-order valence-electron chi connectivity index (χ2n) is 3.97. The molecule has 0 amide bonds. The van der Waals surface area contributed by atoms with Gasteiger partial charge in [0.2, 0.25) is 0 Å². The number of aromatic amines is 1. The van der Waals surface area contributed by atoms with Crippen molar-refractivity contribution in [2.24, 2.45) is 0 Å². The Bertz CT molecular complexity index is 606. The molecular formula is C12H12FNO4. The van der Waals surface area contributed by atoms with E-state index in [2.05, 4.69) is 4.98 Å². The highest BCUT2D eigenvalue weighted by molar-refractivity contribution is 5.98. The zero-order chi connectivity index (χ0) is 13.3. The van der Waals surface area contributed by atoms with Crippen molar-refractivity contribution in [1.29, 1.82) is 0 Å². The average molecular weight is 253 g/mol. The Morgan fingerprint density at radius 2 is 2.06 bits per heavy atom. The van der Waals surface area contributed by atoms with Crippen LogP contribution in [0.15, 0.2) is 12.1 Å². The molecule has 0 fully saturated rings. The van der Waals surface area contributed by atoms with Crippen LogP contribution in [-0.4, -0.2) is 32.9 Å². The van der Waals surface area contributed by atoms with Crippen LogP contribution in [0.5, 0.6) is 11.5 Å². The van der Waals surface area contributed by atoms with Gasteiger partial charge in [0.1, 0.15) is 5.69 Å². The van der Waals surface area contributed by atoms with E-state index < -0.39 is 12.6 Å². The highest BCUT2D eigenvalue weighted by atomic mass is 19.1. The van der Waals surface area contributed by atoms with Crippen molar-refractivity contribution >= 4 is 16.9 Å². The Hall–Kier alpha value is -2.24. The molecule has 0 atom stereocenters. The number of phenolic OH excluding ortho intramolecular Hbond substituents is 2. The maximum absolute atomic E-state index is 12.2. The molecule has 2 aromatic rings. The molecule has 4 N–H and O–H groups in total. The van der Waals surface area contributed by atoms with Crippen LogP contribution in [0.3, 0.4) is 0 Å². The van der Waals surface area contributed by atoms with Gasteiger partial charge in [0.25, 0.3) is 0 Å². The van der Waals surface area contributed by atoms with Crippen molar-refractivity contribution in [3.05, 3.63) is 23.4 Å². The maximum Gasteiger partial charge on any atom is 0.352 e. The summed E-state index contributed by atoms with van der Waals surface area (Å²) in [5, 5.41) is 28.3. The van der Waals surface area contributed by atoms with Crippen LogP contribution in [0.25, 0.3) is 10.9 Å². The average Bonchev–Trinajstić information content (AvgIpc) is 2.77. The number of alkyl halides is 1. The van der Waals surface area contributed by atoms with Gasteiger partial charge in [0, 0.05) is 5.39 Å². The molecule has 0 aliphatic carbocycles. The summed E-state index contributed by atoms with van der Waals surface area (Å²) in [4.78, 5) is 13.5. The van der Waals surface area contributed by atoms with Crippen molar-refractivity contribution in [3.63, 3.8) is 0 Å². The Morgan fingerprint density at radius 3 is 2.67 bits per heavy atom. The summed E-state index contributed by atoms with van der Waals surface area (Å²) < 4.78 is 12.2. The minimum absolute atomic E-state index is 0.0904. The Balaban J connectivity index is 2.63. The molecule has 6 heteroatoms. The highest BCUT2D eigenvalue weighted by Crippen LogP contribution is 2.37. The van der Waals surface area contributed by atoms with Gasteiger partial charge in [-0.15, -0.1) is 0 Å². The van der Waals surface area contributed by atoms with Crippen LogP contribution < -0.4 is 0 Å². The Morgan fingerprint density at radius 1 is 1.33 bits per heavy atom. The van der Waals surface area contributed by atoms with Gasteiger partial charge >= 0.3 is 5.97 Å². The van der Waals surface area contributed by atoms with E-state index in [9.17, 15) is 19.4 Å². The fourth-order valence-corrected chi connectivity index (χ4v) is 1.91. The van der Waals surface area contributed by atoms with Crippen LogP contribution in [0, 0.1) is 0 Å². The number of hydrogen-bond donors (Lipinski definition) is 4. The van der Waals surface area contributed by atoms with Crippen LogP contribution in [0.1, 0.15) is 22.5 Å². The van der Waals surface area contributed by atoms with E-state index in [1.807, 2.05) is 0 Å². The summed E-state index contributed by atoms with van der Waals surface area (Å²) in [7, 11) is 0. The van der Waals surface area contributed by atoms with Gasteiger partial charge in [0.15, 0.2) is 11.5 Å². The van der Waals surface area contributed by atoms with E-state index in [1.54, 1.807) is 0 Å². The summed E-state index contributed by atoms with van der Waals surface area (Å²) in [5.74, 6) is -1.88. The first kappa shape index (κ1) is 12.2. The summed E-state index contributed by atoms with van der Waals surface area (Å²) >= 11 is 0. The molecule has 1 aromatic carbocycles. The third-order valence-electron chi connectivity index (χ3n) is 2.76. The first-order valence-corrected chi connectivity index (χ1v) is 5.40. The number of nitrogens with one attached hydrogen (secondary N) is 1. The number of carboxylic acid groups (broad SMARTS) is 1. The smallest absolute Gasteiger partial charge is 0.352 e. The largest absolute Gasteiger partial charge is 0.504 e. The van der Waals surface area contributed by atoms with Gasteiger partial charge in [-0.2, -0.15) is 0 Å². The molecule has 0 saturated heterocycles. The minimum atomic E-state index is -1.17. The monoisotopic (exact) mass is 253 g/mol. The van der Waals surface area contributed by atoms with Crippen molar-refractivity contribution in [1.82, 2.24) is 4.98 Å². The molecule has 0 aliphatic heterocycles. The summed E-state index contributed by atoms with van der Waals surface area (Å²) in [5.41, 5.74) is 0.897. The van der Waals surface area contributed by atoms with Crippen molar-refractivity contribution in [2.45, 2.75) is 12.8 Å². The maximum atomic E-state index is 12.2. The summed E-state index contributed by atoms with van der Waals surface area (Å²) in [6, 6.07) is 2.56. The van der Waals surface area contributed by atoms with E-state index in [0.717, 1.165) is 0 Å². The topological polar surface area (TPSA) is 93.6 Å². The second-order valence-corrected chi connectivity index (χ2v) is 3.97. The van der Waals surface area contributed by atoms with Crippen LogP contribution in [0.2, 0.25) is 0 Å². The number of hydrogen-bond acceptors (Lipinski definition) is 3. The quantitative estimate of drug-likeness (QED) is 0.628. The number of aromatic hydroxyl groups is 2. The number of phenols is 2. The number of rotatable bonds is 4. The first-order chi connectivity index (χ1) is 8.54. The van der Waals surface area contributed by atoms with Gasteiger partial charge in [-0.3, -0.25) is 4.39 Å². The van der Waals surface area contributed by atoms with E-state index in [0.29, 0.717) is 17.5 Å². The molecule has 0 spiro atoms. The molecule has 0 aliphatic rings. The van der Waals surface area contributed by atoms with Gasteiger partial charge in [-0.05, 0) is 30.5 Å². The summed E-state index contributed by atoms with van der Waals surface area (Å²) in [6.45, 7) is -0.504. The van der Waals surface area contributed by atoms with Gasteiger partial charge in [-0.1, -0.05) is 0 Å². The molecule has 0 unspecified atom stereocenters. The van der Waals surface area contributed by atoms with Crippen molar-refractivity contribution < 1.29 is 24.5 Å². The number of halogens is 1. The molecule has 1 heterocycles. The molecule has 96 valence electrons.